The summed E-state index contributed by atoms with van der Waals surface area (Å²) in [4.78, 5) is 67.0. The molecule has 0 spiro atoms. The summed E-state index contributed by atoms with van der Waals surface area (Å²) in [5.41, 5.74) is 8.03. The third kappa shape index (κ3) is 6.60. The number of β-lactam (4-membered cyclic amide) rings is 1. The minimum atomic E-state index is -0.957. The van der Waals surface area contributed by atoms with Crippen LogP contribution in [-0.2, 0) is 33.5 Å². The quantitative estimate of drug-likeness (QED) is 0.138. The highest BCUT2D eigenvalue weighted by atomic mass is 32.2. The summed E-state index contributed by atoms with van der Waals surface area (Å²) in [6.45, 7) is 6.27. The third-order valence-corrected chi connectivity index (χ3v) is 8.72. The van der Waals surface area contributed by atoms with Crippen molar-refractivity contribution in [3.63, 3.8) is 0 Å². The van der Waals surface area contributed by atoms with Crippen molar-refractivity contribution in [3.8, 4) is 0 Å². The zero-order valence-corrected chi connectivity index (χ0v) is 25.3. The first-order valence-electron chi connectivity index (χ1n) is 12.2. The molecule has 0 saturated carbocycles. The predicted molar refractivity (Wildman–Crippen MR) is 155 cm³/mol. The maximum Gasteiger partial charge on any atom is 0.358 e. The van der Waals surface area contributed by atoms with Gasteiger partial charge in [-0.25, -0.2) is 14.8 Å². The number of nitrogen functional groups attached to an aromatic ring is 1. The zero-order chi connectivity index (χ0) is 29.9. The molecule has 1 saturated heterocycles. The number of ether oxygens (including phenoxy) is 2. The number of anilines is 1. The Bertz CT molecular complexity index is 1460. The van der Waals surface area contributed by atoms with E-state index in [1.807, 2.05) is 13.0 Å². The number of nitrogens with zero attached hydrogens (tertiary/aromatic N) is 4. The van der Waals surface area contributed by atoms with Gasteiger partial charge in [0.25, 0.3) is 11.8 Å². The van der Waals surface area contributed by atoms with Gasteiger partial charge in [-0.05, 0) is 39.3 Å². The smallest absolute Gasteiger partial charge is 0.358 e. The highest BCUT2D eigenvalue weighted by Gasteiger charge is 2.54. The van der Waals surface area contributed by atoms with Gasteiger partial charge < -0.3 is 25.4 Å². The van der Waals surface area contributed by atoms with Crippen molar-refractivity contribution in [3.05, 3.63) is 44.5 Å². The van der Waals surface area contributed by atoms with E-state index < -0.39 is 47.4 Å². The number of thiazole rings is 2. The third-order valence-electron chi connectivity index (χ3n) is 5.85. The average molecular weight is 621 g/mol. The van der Waals surface area contributed by atoms with Crippen LogP contribution in [0.4, 0.5) is 5.13 Å². The van der Waals surface area contributed by atoms with Crippen LogP contribution in [0.1, 0.15) is 37.0 Å². The number of nitrogens with one attached hydrogen (secondary N) is 1. The minimum absolute atomic E-state index is 0.00697. The number of nitrogens with two attached hydrogens (primary N) is 1. The number of aryl methyl sites for hydroxylation is 1. The maximum atomic E-state index is 13.3. The summed E-state index contributed by atoms with van der Waals surface area (Å²) in [6, 6.07) is -0.957. The first-order chi connectivity index (χ1) is 19.4. The van der Waals surface area contributed by atoms with Gasteiger partial charge in [0.15, 0.2) is 10.8 Å². The van der Waals surface area contributed by atoms with E-state index in [1.165, 1.54) is 35.1 Å². The molecule has 16 heteroatoms. The van der Waals surface area contributed by atoms with Crippen molar-refractivity contribution in [2.75, 3.05) is 25.4 Å². The van der Waals surface area contributed by atoms with Gasteiger partial charge in [0.05, 0.1) is 16.6 Å². The van der Waals surface area contributed by atoms with Crippen molar-refractivity contribution in [1.29, 1.82) is 0 Å². The van der Waals surface area contributed by atoms with Crippen LogP contribution >= 0.6 is 34.4 Å². The first kappa shape index (κ1) is 30.2. The second kappa shape index (κ2) is 12.4. The molecule has 2 atom stereocenters. The summed E-state index contributed by atoms with van der Waals surface area (Å²) in [6.07, 6.45) is 3.55. The number of esters is 2. The zero-order valence-electron chi connectivity index (χ0n) is 22.8. The van der Waals surface area contributed by atoms with Crippen LogP contribution in [0.3, 0.4) is 0 Å². The lowest BCUT2D eigenvalue weighted by Crippen LogP contribution is -2.71. The van der Waals surface area contributed by atoms with Gasteiger partial charge in [-0.2, -0.15) is 0 Å². The highest BCUT2D eigenvalue weighted by molar-refractivity contribution is 8.00. The Morgan fingerprint density at radius 3 is 2.61 bits per heavy atom. The molecule has 2 amide bonds. The number of carbonyl (C=O) groups excluding carboxylic acids is 4. The molecule has 0 radical (unpaired) electrons. The Labute approximate surface area is 247 Å². The molecule has 13 nitrogen and oxygen atoms in total. The molecule has 2 aliphatic heterocycles. The van der Waals surface area contributed by atoms with Crippen LogP contribution in [0.5, 0.6) is 0 Å². The Hall–Kier alpha value is -3.76. The average Bonchev–Trinajstić information content (AvgIpc) is 3.54. The molecular formula is C25H28N6O7S3. The molecule has 2 aromatic rings. The lowest BCUT2D eigenvalue weighted by Gasteiger charge is -2.49. The molecule has 2 unspecified atom stereocenters. The van der Waals surface area contributed by atoms with Gasteiger partial charge >= 0.3 is 11.9 Å². The minimum Gasteiger partial charge on any atom is -0.427 e. The second-order valence-electron chi connectivity index (χ2n) is 9.80. The standard InChI is InChI=1S/C25H28N6O7S3/c1-12-15(41-10-27-12)7-6-13-8-39-21-17(29-19(32)16(30-36-5)14-9-40-24(26)28-14)20(33)31(21)18(13)22(34)37-11-38-23(35)25(2,3)4/h6-7,9-10,17,21H,8,11H2,1-5H3,(H2,26,28)(H,29,32)/b7-6+,30-16+. The number of allylic oxidation sites excluding steroid dienone is 1. The lowest BCUT2D eigenvalue weighted by molar-refractivity contribution is -0.173. The van der Waals surface area contributed by atoms with Gasteiger partial charge in [0, 0.05) is 16.0 Å². The lowest BCUT2D eigenvalue weighted by atomic mass is 9.98. The molecule has 0 aromatic carbocycles. The number of oxime groups is 1. The van der Waals surface area contributed by atoms with Gasteiger partial charge in [0.1, 0.15) is 29.9 Å². The topological polar surface area (TPSA) is 175 Å². The summed E-state index contributed by atoms with van der Waals surface area (Å²) in [5, 5.41) is 7.59. The molecule has 4 rings (SSSR count). The summed E-state index contributed by atoms with van der Waals surface area (Å²) in [7, 11) is 1.28. The number of rotatable bonds is 9. The Morgan fingerprint density at radius 2 is 2.00 bits per heavy atom. The van der Waals surface area contributed by atoms with Gasteiger partial charge in [-0.3, -0.25) is 19.3 Å². The first-order valence-corrected chi connectivity index (χ1v) is 15.0. The number of hydrogen-bond acceptors (Lipinski definition) is 14. The molecule has 2 aliphatic rings. The number of thioether (sulfide) groups is 1. The van der Waals surface area contributed by atoms with Crippen LogP contribution in [0.15, 0.2) is 33.4 Å². The molecule has 41 heavy (non-hydrogen) atoms. The molecule has 1 fully saturated rings. The van der Waals surface area contributed by atoms with Crippen molar-refractivity contribution in [1.82, 2.24) is 20.2 Å². The van der Waals surface area contributed by atoms with Crippen molar-refractivity contribution < 1.29 is 33.5 Å². The Kier molecular flexibility index (Phi) is 9.14. The molecule has 3 N–H and O–H groups in total. The van der Waals surface area contributed by atoms with E-state index in [2.05, 4.69) is 20.4 Å². The van der Waals surface area contributed by atoms with Crippen LogP contribution in [0, 0.1) is 12.3 Å². The predicted octanol–water partition coefficient (Wildman–Crippen LogP) is 2.30. The van der Waals surface area contributed by atoms with Gasteiger partial charge in [-0.1, -0.05) is 11.2 Å². The molecular weight excluding hydrogens is 593 g/mol. The fraction of sp³-hybridized carbons (Fsp3) is 0.400. The van der Waals surface area contributed by atoms with Crippen molar-refractivity contribution >= 4 is 75.1 Å². The summed E-state index contributed by atoms with van der Waals surface area (Å²) >= 11 is 3.92. The molecule has 0 aliphatic carbocycles. The molecule has 218 valence electrons. The van der Waals surface area contributed by atoms with Crippen LogP contribution < -0.4 is 11.1 Å². The summed E-state index contributed by atoms with van der Waals surface area (Å²) in [5.74, 6) is -2.26. The van der Waals surface area contributed by atoms with Crippen LogP contribution in [0.2, 0.25) is 0 Å². The highest BCUT2D eigenvalue weighted by Crippen LogP contribution is 2.41. The molecule has 4 heterocycles. The fourth-order valence-electron chi connectivity index (χ4n) is 3.73. The monoisotopic (exact) mass is 620 g/mol. The number of hydrogen-bond donors (Lipinski definition) is 2. The van der Waals surface area contributed by atoms with E-state index in [-0.39, 0.29) is 22.2 Å². The Morgan fingerprint density at radius 1 is 1.24 bits per heavy atom. The van der Waals surface area contributed by atoms with E-state index in [0.717, 1.165) is 21.9 Å². The van der Waals surface area contributed by atoms with Crippen molar-refractivity contribution in [2.45, 2.75) is 39.1 Å². The van der Waals surface area contributed by atoms with E-state index in [4.69, 9.17) is 20.0 Å². The molecule has 0 bridgehead atoms. The normalized spacial score (nSPS) is 19.1. The largest absolute Gasteiger partial charge is 0.427 e. The number of amides is 2. The second-order valence-corrected chi connectivity index (χ2v) is 12.7. The van der Waals surface area contributed by atoms with Crippen molar-refractivity contribution in [2.24, 2.45) is 10.6 Å². The van der Waals surface area contributed by atoms with Gasteiger partial charge in [0.2, 0.25) is 6.79 Å². The number of aromatic nitrogens is 2. The maximum absolute atomic E-state index is 13.3. The fourth-order valence-corrected chi connectivity index (χ4v) is 6.29. The SMILES string of the molecule is CO/N=C(/C(=O)NC1C(=O)N2C(C(=O)OCOC(=O)C(C)(C)C)=C(/C=C/c3scnc3C)CSC12)c1csc(N)n1. The van der Waals surface area contributed by atoms with E-state index in [1.54, 1.807) is 37.7 Å². The van der Waals surface area contributed by atoms with E-state index in [0.29, 0.717) is 11.3 Å². The van der Waals surface area contributed by atoms with Crippen LogP contribution in [-0.4, -0.2) is 75.4 Å². The Balaban J connectivity index is 1.55. The number of carbonyl (C=O) groups is 4. The van der Waals surface area contributed by atoms with E-state index in [9.17, 15) is 19.2 Å². The summed E-state index contributed by atoms with van der Waals surface area (Å²) < 4.78 is 10.3. The van der Waals surface area contributed by atoms with Gasteiger partial charge in [-0.15, -0.1) is 34.4 Å². The molecule has 2 aromatic heterocycles. The number of fused-ring (bicyclic) bond motifs is 1. The van der Waals surface area contributed by atoms with E-state index >= 15 is 0 Å². The van der Waals surface area contributed by atoms with Crippen LogP contribution in [0.25, 0.3) is 6.08 Å².